The predicted molar refractivity (Wildman–Crippen MR) is 94.1 cm³/mol. The highest BCUT2D eigenvalue weighted by molar-refractivity contribution is 9.09. The molecule has 0 aromatic carbocycles. The summed E-state index contributed by atoms with van der Waals surface area (Å²) in [7, 11) is 0. The van der Waals surface area contributed by atoms with Gasteiger partial charge in [-0.15, -0.1) is 11.6 Å². The van der Waals surface area contributed by atoms with Crippen LogP contribution in [0, 0.1) is 34.5 Å². The van der Waals surface area contributed by atoms with E-state index in [2.05, 4.69) is 29.8 Å². The Balaban J connectivity index is 1.67. The van der Waals surface area contributed by atoms with Crippen molar-refractivity contribution in [2.24, 2.45) is 34.5 Å². The van der Waals surface area contributed by atoms with Crippen LogP contribution in [0.1, 0.15) is 71.6 Å². The van der Waals surface area contributed by atoms with E-state index in [0.717, 1.165) is 23.7 Å². The Kier molecular flexibility index (Phi) is 3.74. The third-order valence-corrected chi connectivity index (χ3v) is 10.3. The van der Waals surface area contributed by atoms with Gasteiger partial charge in [0.05, 0.1) is 0 Å². The van der Waals surface area contributed by atoms with Gasteiger partial charge in [-0.1, -0.05) is 42.6 Å². The molecule has 0 aromatic rings. The molecule has 0 aromatic heterocycles. The van der Waals surface area contributed by atoms with Crippen LogP contribution in [-0.4, -0.2) is 10.2 Å². The topological polar surface area (TPSA) is 0 Å². The van der Waals surface area contributed by atoms with Crippen LogP contribution in [-0.2, 0) is 0 Å². The fraction of sp³-hybridized carbons (Fsp3) is 1.00. The summed E-state index contributed by atoms with van der Waals surface area (Å²) in [6, 6.07) is 0. The van der Waals surface area contributed by atoms with Crippen molar-refractivity contribution in [2.75, 3.05) is 0 Å². The minimum atomic E-state index is 0.413. The summed E-state index contributed by atoms with van der Waals surface area (Å²) in [5.74, 6) is 3.66. The molecule has 0 radical (unpaired) electrons. The quantitative estimate of drug-likeness (QED) is 0.431. The van der Waals surface area contributed by atoms with Gasteiger partial charge in [-0.05, 0) is 79.4 Å². The maximum absolute atomic E-state index is 6.88. The normalized spacial score (nSPS) is 60.0. The van der Waals surface area contributed by atoms with E-state index in [0.29, 0.717) is 21.0 Å². The summed E-state index contributed by atoms with van der Waals surface area (Å²) in [6.45, 7) is 5.19. The first-order chi connectivity index (χ1) is 9.97. The molecule has 0 heterocycles. The van der Waals surface area contributed by atoms with Crippen LogP contribution < -0.4 is 0 Å². The third-order valence-electron chi connectivity index (χ3n) is 8.42. The molecule has 2 heteroatoms. The zero-order chi connectivity index (χ0) is 14.8. The molecule has 21 heavy (non-hydrogen) atoms. The van der Waals surface area contributed by atoms with Crippen molar-refractivity contribution < 1.29 is 0 Å². The summed E-state index contributed by atoms with van der Waals surface area (Å²) >= 11 is 10.9. The number of rotatable bonds is 0. The Morgan fingerprint density at radius 2 is 1.76 bits per heavy atom. The molecule has 2 unspecified atom stereocenters. The van der Waals surface area contributed by atoms with Gasteiger partial charge in [0.15, 0.2) is 0 Å². The minimum absolute atomic E-state index is 0.413. The monoisotopic (exact) mass is 372 g/mol. The lowest BCUT2D eigenvalue weighted by atomic mass is 9.45. The molecule has 4 rings (SSSR count). The Morgan fingerprint density at radius 3 is 2.57 bits per heavy atom. The van der Waals surface area contributed by atoms with Crippen molar-refractivity contribution in [1.29, 1.82) is 0 Å². The molecule has 4 fully saturated rings. The highest BCUT2D eigenvalue weighted by Gasteiger charge is 2.61. The average molecular weight is 374 g/mol. The van der Waals surface area contributed by atoms with E-state index in [1.807, 2.05) is 0 Å². The zero-order valence-corrected chi connectivity index (χ0v) is 15.9. The summed E-state index contributed by atoms with van der Waals surface area (Å²) < 4.78 is 0. The van der Waals surface area contributed by atoms with Gasteiger partial charge in [0.1, 0.15) is 0 Å². The van der Waals surface area contributed by atoms with Crippen LogP contribution >= 0.6 is 27.5 Å². The Labute approximate surface area is 143 Å². The van der Waals surface area contributed by atoms with E-state index in [4.69, 9.17) is 11.6 Å². The van der Waals surface area contributed by atoms with Crippen LogP contribution in [0.15, 0.2) is 0 Å². The largest absolute Gasteiger partial charge is 0.123 e. The summed E-state index contributed by atoms with van der Waals surface area (Å²) in [6.07, 6.45) is 13.0. The van der Waals surface area contributed by atoms with Crippen LogP contribution in [0.4, 0.5) is 0 Å². The van der Waals surface area contributed by atoms with Crippen LogP contribution in [0.3, 0.4) is 0 Å². The zero-order valence-electron chi connectivity index (χ0n) is 13.6. The lowest BCUT2D eigenvalue weighted by Crippen LogP contribution is -2.53. The first-order valence-electron chi connectivity index (χ1n) is 9.25. The van der Waals surface area contributed by atoms with E-state index in [1.165, 1.54) is 57.8 Å². The van der Waals surface area contributed by atoms with Gasteiger partial charge in [0.2, 0.25) is 0 Å². The van der Waals surface area contributed by atoms with Crippen LogP contribution in [0.25, 0.3) is 0 Å². The first kappa shape index (κ1) is 15.3. The molecule has 4 aliphatic carbocycles. The van der Waals surface area contributed by atoms with E-state index in [9.17, 15) is 0 Å². The fourth-order valence-corrected chi connectivity index (χ4v) is 9.04. The van der Waals surface area contributed by atoms with Crippen molar-refractivity contribution in [2.45, 2.75) is 81.8 Å². The van der Waals surface area contributed by atoms with E-state index in [1.54, 1.807) is 0 Å². The number of fused-ring (bicyclic) bond motifs is 5. The summed E-state index contributed by atoms with van der Waals surface area (Å²) in [4.78, 5) is 0.648. The second-order valence-corrected chi connectivity index (χ2v) is 10.8. The molecular formula is C19H30BrCl. The van der Waals surface area contributed by atoms with Crippen LogP contribution in [0.5, 0.6) is 0 Å². The Morgan fingerprint density at radius 1 is 0.952 bits per heavy atom. The average Bonchev–Trinajstić information content (AvgIpc) is 2.68. The lowest BCUT2D eigenvalue weighted by molar-refractivity contribution is -0.101. The molecule has 0 bridgehead atoms. The highest BCUT2D eigenvalue weighted by atomic mass is 79.9. The fourth-order valence-electron chi connectivity index (χ4n) is 7.23. The number of hydrogen-bond donors (Lipinski definition) is 0. The Bertz CT molecular complexity index is 424. The molecule has 0 aliphatic heterocycles. The molecule has 8 atom stereocenters. The van der Waals surface area contributed by atoms with Gasteiger partial charge in [-0.25, -0.2) is 0 Å². The molecule has 0 spiro atoms. The van der Waals surface area contributed by atoms with Crippen molar-refractivity contribution in [3.8, 4) is 0 Å². The SMILES string of the molecule is C[C@]12CCCC[C@@H]1CC[C@@H]1[C@@H]2CC[C@]2(C)C(Br)CC(Cl)[C@@H]12. The van der Waals surface area contributed by atoms with Crippen molar-refractivity contribution in [1.82, 2.24) is 0 Å². The van der Waals surface area contributed by atoms with Gasteiger partial charge in [-0.3, -0.25) is 0 Å². The smallest absolute Gasteiger partial charge is 0.0383 e. The molecule has 120 valence electrons. The molecule has 0 nitrogen and oxygen atoms in total. The Hall–Kier alpha value is 0.770. The van der Waals surface area contributed by atoms with E-state index >= 15 is 0 Å². The molecular weight excluding hydrogens is 344 g/mol. The highest BCUT2D eigenvalue weighted by Crippen LogP contribution is 2.67. The molecule has 4 saturated carbocycles. The predicted octanol–water partition coefficient (Wildman–Crippen LogP) is 6.40. The minimum Gasteiger partial charge on any atom is -0.123 e. The molecule has 4 aliphatic rings. The standard InChI is InChI=1S/C19H30BrCl/c1-18-9-4-3-5-12(18)6-7-13-14(18)8-10-19(2)16(20)11-15(21)17(13)19/h12-17H,3-11H2,1-2H3/t12-,13-,14+,15?,16?,17-,18+,19-/m1/s1. The summed E-state index contributed by atoms with van der Waals surface area (Å²) in [5, 5.41) is 0.413. The van der Waals surface area contributed by atoms with E-state index < -0.39 is 0 Å². The lowest BCUT2D eigenvalue weighted by Gasteiger charge is -2.60. The number of halogens is 2. The van der Waals surface area contributed by atoms with Crippen LogP contribution in [0.2, 0.25) is 0 Å². The first-order valence-corrected chi connectivity index (χ1v) is 10.6. The number of alkyl halides is 2. The number of hydrogen-bond acceptors (Lipinski definition) is 0. The maximum Gasteiger partial charge on any atom is 0.0383 e. The van der Waals surface area contributed by atoms with Gasteiger partial charge >= 0.3 is 0 Å². The van der Waals surface area contributed by atoms with Crippen molar-refractivity contribution in [3.63, 3.8) is 0 Å². The van der Waals surface area contributed by atoms with Gasteiger partial charge in [-0.2, -0.15) is 0 Å². The maximum atomic E-state index is 6.88. The van der Waals surface area contributed by atoms with Gasteiger partial charge < -0.3 is 0 Å². The van der Waals surface area contributed by atoms with Gasteiger partial charge in [0, 0.05) is 10.2 Å². The van der Waals surface area contributed by atoms with Crippen molar-refractivity contribution >= 4 is 27.5 Å². The van der Waals surface area contributed by atoms with Gasteiger partial charge in [0.25, 0.3) is 0 Å². The molecule has 0 saturated heterocycles. The summed E-state index contributed by atoms with van der Waals surface area (Å²) in [5.41, 5.74) is 1.11. The third kappa shape index (κ3) is 2.05. The van der Waals surface area contributed by atoms with E-state index in [-0.39, 0.29) is 0 Å². The van der Waals surface area contributed by atoms with Crippen molar-refractivity contribution in [3.05, 3.63) is 0 Å². The second-order valence-electron chi connectivity index (χ2n) is 9.09. The second kappa shape index (κ2) is 5.13. The molecule has 0 amide bonds. The molecule has 0 N–H and O–H groups in total.